The molecule has 0 aromatic heterocycles. The normalized spacial score (nSPS) is 17.0. The van der Waals surface area contributed by atoms with Crippen LogP contribution in [0.2, 0.25) is 0 Å². The molecule has 0 saturated heterocycles. The Morgan fingerprint density at radius 1 is 1.10 bits per heavy atom. The van der Waals surface area contributed by atoms with E-state index < -0.39 is 30.1 Å². The van der Waals surface area contributed by atoms with E-state index in [0.29, 0.717) is 0 Å². The first-order chi connectivity index (χ1) is 13.7. The van der Waals surface area contributed by atoms with Crippen molar-refractivity contribution >= 4 is 11.9 Å². The van der Waals surface area contributed by atoms with Gasteiger partial charge in [-0.2, -0.15) is 0 Å². The smallest absolute Gasteiger partial charge is 0.449 e. The molecule has 0 heterocycles. The van der Waals surface area contributed by atoms with Crippen LogP contribution in [0.5, 0.6) is 5.75 Å². The fourth-order valence-electron chi connectivity index (χ4n) is 3.27. The van der Waals surface area contributed by atoms with E-state index in [0.717, 1.165) is 49.1 Å². The van der Waals surface area contributed by atoms with Crippen molar-refractivity contribution in [3.05, 3.63) is 65.2 Å². The van der Waals surface area contributed by atoms with Crippen molar-refractivity contribution in [3.63, 3.8) is 0 Å². The average molecular weight is 407 g/mol. The van der Waals surface area contributed by atoms with Crippen LogP contribution in [0.3, 0.4) is 0 Å². The summed E-state index contributed by atoms with van der Waals surface area (Å²) >= 11 is 0. The number of nitrogens with one attached hydrogen (secondary N) is 1. The fourth-order valence-corrected chi connectivity index (χ4v) is 3.27. The molecule has 0 fully saturated rings. The number of halogens is 3. The molecule has 0 aliphatic heterocycles. The first kappa shape index (κ1) is 20.7. The van der Waals surface area contributed by atoms with Gasteiger partial charge in [0, 0.05) is 0 Å². The molecule has 2 atom stereocenters. The lowest BCUT2D eigenvalue weighted by Gasteiger charge is -2.27. The highest BCUT2D eigenvalue weighted by molar-refractivity contribution is 5.92. The molecular weight excluding hydrogens is 387 g/mol. The van der Waals surface area contributed by atoms with Crippen LogP contribution in [0.1, 0.15) is 47.3 Å². The van der Waals surface area contributed by atoms with Gasteiger partial charge in [0.15, 0.2) is 6.10 Å². The minimum atomic E-state index is -4.81. The second-order valence-corrected chi connectivity index (χ2v) is 6.77. The summed E-state index contributed by atoms with van der Waals surface area (Å²) in [5.41, 5.74) is 2.27. The predicted octanol–water partition coefficient (Wildman–Crippen LogP) is 4.32. The molecule has 3 rings (SSSR count). The minimum absolute atomic E-state index is 0.0159. The number of carbonyl (C=O) groups excluding carboxylic acids is 2. The highest BCUT2D eigenvalue weighted by Crippen LogP contribution is 2.29. The van der Waals surface area contributed by atoms with Crippen molar-refractivity contribution in [2.75, 3.05) is 0 Å². The van der Waals surface area contributed by atoms with Crippen LogP contribution in [0.4, 0.5) is 13.2 Å². The van der Waals surface area contributed by atoms with Gasteiger partial charge in [0.2, 0.25) is 0 Å². The Bertz CT molecular complexity index is 880. The Hall–Kier alpha value is -3.03. The van der Waals surface area contributed by atoms with Gasteiger partial charge >= 0.3 is 12.3 Å². The summed E-state index contributed by atoms with van der Waals surface area (Å²) in [5, 5.41) is 2.91. The van der Waals surface area contributed by atoms with Crippen LogP contribution >= 0.6 is 0 Å². The van der Waals surface area contributed by atoms with E-state index in [4.69, 9.17) is 4.74 Å². The quantitative estimate of drug-likeness (QED) is 0.750. The molecule has 1 amide bonds. The van der Waals surface area contributed by atoms with Crippen molar-refractivity contribution in [2.45, 2.75) is 44.7 Å². The van der Waals surface area contributed by atoms with Gasteiger partial charge in [-0.25, -0.2) is 4.79 Å². The SMILES string of the molecule is C[C@H](OC(=O)c1ccc(OC(F)(F)F)cc1)C(=O)N[C@@H]1CCCc2ccccc21. The monoisotopic (exact) mass is 407 g/mol. The molecule has 2 aromatic rings. The number of amides is 1. The van der Waals surface area contributed by atoms with Crippen molar-refractivity contribution in [3.8, 4) is 5.75 Å². The Morgan fingerprint density at radius 2 is 1.79 bits per heavy atom. The lowest BCUT2D eigenvalue weighted by molar-refractivity contribution is -0.274. The molecular formula is C21H20F3NO4. The van der Waals surface area contributed by atoms with Gasteiger partial charge < -0.3 is 14.8 Å². The largest absolute Gasteiger partial charge is 0.573 e. The third kappa shape index (κ3) is 5.49. The first-order valence-electron chi connectivity index (χ1n) is 9.18. The Labute approximate surface area is 165 Å². The summed E-state index contributed by atoms with van der Waals surface area (Å²) in [5.74, 6) is -1.69. The zero-order valence-electron chi connectivity index (χ0n) is 15.7. The van der Waals surface area contributed by atoms with Crippen molar-refractivity contribution < 1.29 is 32.2 Å². The predicted molar refractivity (Wildman–Crippen MR) is 98.3 cm³/mol. The first-order valence-corrected chi connectivity index (χ1v) is 9.18. The zero-order chi connectivity index (χ0) is 21.0. The third-order valence-corrected chi connectivity index (χ3v) is 4.66. The van der Waals surface area contributed by atoms with Crippen molar-refractivity contribution in [1.29, 1.82) is 0 Å². The van der Waals surface area contributed by atoms with Crippen molar-refractivity contribution in [1.82, 2.24) is 5.32 Å². The van der Waals surface area contributed by atoms with Gasteiger partial charge in [-0.1, -0.05) is 24.3 Å². The minimum Gasteiger partial charge on any atom is -0.449 e. The lowest BCUT2D eigenvalue weighted by Crippen LogP contribution is -2.39. The Morgan fingerprint density at radius 3 is 2.48 bits per heavy atom. The summed E-state index contributed by atoms with van der Waals surface area (Å²) in [7, 11) is 0. The zero-order valence-corrected chi connectivity index (χ0v) is 15.7. The maximum atomic E-state index is 12.5. The Kier molecular flexibility index (Phi) is 6.10. The van der Waals surface area contributed by atoms with Crippen LogP contribution in [-0.2, 0) is 16.0 Å². The van der Waals surface area contributed by atoms with E-state index >= 15 is 0 Å². The number of benzene rings is 2. The van der Waals surface area contributed by atoms with Crippen LogP contribution in [0.15, 0.2) is 48.5 Å². The fraction of sp³-hybridized carbons (Fsp3) is 0.333. The second-order valence-electron chi connectivity index (χ2n) is 6.77. The van der Waals surface area contributed by atoms with E-state index in [2.05, 4.69) is 10.1 Å². The number of hydrogen-bond donors (Lipinski definition) is 1. The molecule has 8 heteroatoms. The third-order valence-electron chi connectivity index (χ3n) is 4.66. The van der Waals surface area contributed by atoms with Gasteiger partial charge in [-0.15, -0.1) is 13.2 Å². The van der Waals surface area contributed by atoms with Crippen LogP contribution in [-0.4, -0.2) is 24.3 Å². The highest BCUT2D eigenvalue weighted by Gasteiger charge is 2.31. The number of ether oxygens (including phenoxy) is 2. The Balaban J connectivity index is 1.58. The summed E-state index contributed by atoms with van der Waals surface area (Å²) < 4.78 is 45.5. The van der Waals surface area contributed by atoms with Gasteiger partial charge in [-0.3, -0.25) is 4.79 Å². The number of carbonyl (C=O) groups is 2. The number of hydrogen-bond acceptors (Lipinski definition) is 4. The molecule has 5 nitrogen and oxygen atoms in total. The molecule has 0 bridgehead atoms. The van der Waals surface area contributed by atoms with Crippen molar-refractivity contribution in [2.24, 2.45) is 0 Å². The maximum Gasteiger partial charge on any atom is 0.573 e. The molecule has 154 valence electrons. The summed E-state index contributed by atoms with van der Waals surface area (Å²) in [4.78, 5) is 24.6. The second kappa shape index (κ2) is 8.55. The molecule has 0 radical (unpaired) electrons. The van der Waals surface area contributed by atoms with Gasteiger partial charge in [-0.05, 0) is 61.6 Å². The van der Waals surface area contributed by atoms with E-state index in [1.165, 1.54) is 12.5 Å². The molecule has 0 spiro atoms. The number of fused-ring (bicyclic) bond motifs is 1. The summed E-state index contributed by atoms with van der Waals surface area (Å²) in [6.07, 6.45) is -3.16. The van der Waals surface area contributed by atoms with Gasteiger partial charge in [0.1, 0.15) is 5.75 Å². The standard InChI is InChI=1S/C21H20F3NO4/c1-13(19(26)25-18-8-4-6-14-5-2-3-7-17(14)18)28-20(27)15-9-11-16(12-10-15)29-21(22,23)24/h2-3,5,7,9-13,18H,4,6,8H2,1H3,(H,25,26)/t13-,18+/m0/s1. The van der Waals surface area contributed by atoms with E-state index in [-0.39, 0.29) is 11.6 Å². The van der Waals surface area contributed by atoms with E-state index in [9.17, 15) is 22.8 Å². The van der Waals surface area contributed by atoms with Crippen LogP contribution in [0, 0.1) is 0 Å². The number of esters is 1. The molecule has 1 N–H and O–H groups in total. The molecule has 0 unspecified atom stereocenters. The molecule has 29 heavy (non-hydrogen) atoms. The summed E-state index contributed by atoms with van der Waals surface area (Å²) in [6.45, 7) is 1.45. The van der Waals surface area contributed by atoms with E-state index in [1.54, 1.807) is 0 Å². The molecule has 1 aliphatic rings. The highest BCUT2D eigenvalue weighted by atomic mass is 19.4. The number of rotatable bonds is 5. The van der Waals surface area contributed by atoms with Crippen LogP contribution < -0.4 is 10.1 Å². The average Bonchev–Trinajstić information content (AvgIpc) is 2.67. The molecule has 2 aromatic carbocycles. The molecule has 0 saturated carbocycles. The number of alkyl halides is 3. The lowest BCUT2D eigenvalue weighted by atomic mass is 9.87. The van der Waals surface area contributed by atoms with E-state index in [1.807, 2.05) is 24.3 Å². The number of aryl methyl sites for hydroxylation is 1. The van der Waals surface area contributed by atoms with Crippen LogP contribution in [0.25, 0.3) is 0 Å². The van der Waals surface area contributed by atoms with Gasteiger partial charge in [0.05, 0.1) is 11.6 Å². The molecule has 1 aliphatic carbocycles. The summed E-state index contributed by atoms with van der Waals surface area (Å²) in [6, 6.07) is 12.0. The van der Waals surface area contributed by atoms with Gasteiger partial charge in [0.25, 0.3) is 5.91 Å². The maximum absolute atomic E-state index is 12.5. The topological polar surface area (TPSA) is 64.6 Å².